The second-order valence-electron chi connectivity index (χ2n) is 4.89. The van der Waals surface area contributed by atoms with Gasteiger partial charge in [-0.05, 0) is 31.6 Å². The Morgan fingerprint density at radius 2 is 2.00 bits per heavy atom. The first-order valence-electron chi connectivity index (χ1n) is 6.32. The molecule has 1 saturated heterocycles. The van der Waals surface area contributed by atoms with Crippen molar-refractivity contribution in [3.63, 3.8) is 0 Å². The van der Waals surface area contributed by atoms with Gasteiger partial charge in [-0.3, -0.25) is 4.79 Å². The van der Waals surface area contributed by atoms with Gasteiger partial charge in [0.15, 0.2) is 0 Å². The summed E-state index contributed by atoms with van der Waals surface area (Å²) < 4.78 is 0. The summed E-state index contributed by atoms with van der Waals surface area (Å²) >= 11 is 0. The largest absolute Gasteiger partial charge is 0.338 e. The molecule has 1 aliphatic heterocycles. The van der Waals surface area contributed by atoms with Crippen LogP contribution in [0.15, 0.2) is 0 Å². The predicted molar refractivity (Wildman–Crippen MR) is 60.4 cm³/mol. The fourth-order valence-corrected chi connectivity index (χ4v) is 3.09. The van der Waals surface area contributed by atoms with Crippen LogP contribution in [0, 0.1) is 5.92 Å². The van der Waals surface area contributed by atoms with E-state index in [1.54, 1.807) is 0 Å². The zero-order valence-electron chi connectivity index (χ0n) is 9.45. The highest BCUT2D eigenvalue weighted by Gasteiger charge is 2.32. The fourth-order valence-electron chi connectivity index (χ4n) is 3.09. The molecule has 0 radical (unpaired) electrons. The summed E-state index contributed by atoms with van der Waals surface area (Å²) in [6, 6.07) is 0.334. The van der Waals surface area contributed by atoms with E-state index in [0.717, 1.165) is 25.8 Å². The molecule has 1 atom stereocenters. The first-order valence-corrected chi connectivity index (χ1v) is 6.32. The van der Waals surface area contributed by atoms with Gasteiger partial charge in [-0.2, -0.15) is 0 Å². The van der Waals surface area contributed by atoms with Crippen LogP contribution in [0.2, 0.25) is 0 Å². The molecule has 1 aliphatic carbocycles. The van der Waals surface area contributed by atoms with Crippen LogP contribution >= 0.6 is 0 Å². The van der Waals surface area contributed by atoms with E-state index >= 15 is 0 Å². The van der Waals surface area contributed by atoms with E-state index < -0.39 is 0 Å². The lowest BCUT2D eigenvalue weighted by atomic mass is 9.94. The summed E-state index contributed by atoms with van der Waals surface area (Å²) in [6.45, 7) is 1.59. The maximum atomic E-state index is 11.8. The molecule has 86 valence electrons. The van der Waals surface area contributed by atoms with E-state index in [9.17, 15) is 4.79 Å². The second-order valence-corrected chi connectivity index (χ2v) is 4.89. The number of nitrogens with zero attached hydrogens (tertiary/aromatic N) is 1. The van der Waals surface area contributed by atoms with Gasteiger partial charge in [-0.25, -0.2) is 0 Å². The van der Waals surface area contributed by atoms with E-state index in [0.29, 0.717) is 24.4 Å². The van der Waals surface area contributed by atoms with Gasteiger partial charge < -0.3 is 10.6 Å². The minimum atomic E-state index is 0.334. The number of hydrogen-bond donors (Lipinski definition) is 1. The van der Waals surface area contributed by atoms with Crippen LogP contribution in [0.25, 0.3) is 0 Å². The number of likely N-dealkylation sites (tertiary alicyclic amines) is 1. The zero-order valence-corrected chi connectivity index (χ0v) is 9.45. The Bertz CT molecular complexity index is 224. The average molecular weight is 210 g/mol. The van der Waals surface area contributed by atoms with E-state index in [4.69, 9.17) is 5.73 Å². The molecule has 1 amide bonds. The Balaban J connectivity index is 2.00. The summed E-state index contributed by atoms with van der Waals surface area (Å²) in [6.07, 6.45) is 8.15. The van der Waals surface area contributed by atoms with Crippen molar-refractivity contribution < 1.29 is 4.79 Å². The van der Waals surface area contributed by atoms with Crippen molar-refractivity contribution in [2.75, 3.05) is 13.1 Å². The molecule has 3 heteroatoms. The van der Waals surface area contributed by atoms with Gasteiger partial charge in [0, 0.05) is 25.6 Å². The van der Waals surface area contributed by atoms with Crippen LogP contribution in [0.5, 0.6) is 0 Å². The molecule has 3 nitrogen and oxygen atoms in total. The van der Waals surface area contributed by atoms with Gasteiger partial charge in [-0.15, -0.1) is 0 Å². The molecule has 0 spiro atoms. The first kappa shape index (κ1) is 10.9. The summed E-state index contributed by atoms with van der Waals surface area (Å²) in [5.74, 6) is 1.01. The van der Waals surface area contributed by atoms with Crippen LogP contribution in [0.1, 0.15) is 44.9 Å². The Morgan fingerprint density at radius 3 is 2.60 bits per heavy atom. The van der Waals surface area contributed by atoms with E-state index in [1.807, 2.05) is 0 Å². The number of carbonyl (C=O) groups is 1. The smallest absolute Gasteiger partial charge is 0.222 e. The molecule has 2 rings (SSSR count). The van der Waals surface area contributed by atoms with Crippen molar-refractivity contribution in [3.05, 3.63) is 0 Å². The van der Waals surface area contributed by atoms with Gasteiger partial charge in [-0.1, -0.05) is 12.8 Å². The van der Waals surface area contributed by atoms with Crippen LogP contribution in [-0.2, 0) is 4.79 Å². The molecule has 0 aromatic rings. The lowest BCUT2D eigenvalue weighted by Crippen LogP contribution is -2.50. The van der Waals surface area contributed by atoms with Crippen LogP contribution in [-0.4, -0.2) is 29.9 Å². The van der Waals surface area contributed by atoms with Gasteiger partial charge >= 0.3 is 0 Å². The molecule has 15 heavy (non-hydrogen) atoms. The molecule has 0 aromatic carbocycles. The lowest BCUT2D eigenvalue weighted by Gasteiger charge is -2.37. The highest BCUT2D eigenvalue weighted by atomic mass is 16.2. The maximum Gasteiger partial charge on any atom is 0.222 e. The van der Waals surface area contributed by atoms with Gasteiger partial charge in [0.05, 0.1) is 0 Å². The van der Waals surface area contributed by atoms with Crippen molar-refractivity contribution >= 4 is 5.91 Å². The van der Waals surface area contributed by atoms with Crippen LogP contribution in [0.3, 0.4) is 0 Å². The molecule has 2 N–H and O–H groups in total. The van der Waals surface area contributed by atoms with E-state index in [-0.39, 0.29) is 0 Å². The van der Waals surface area contributed by atoms with Crippen molar-refractivity contribution in [3.8, 4) is 0 Å². The fraction of sp³-hybridized carbons (Fsp3) is 0.917. The van der Waals surface area contributed by atoms with Gasteiger partial charge in [0.2, 0.25) is 5.91 Å². The number of hydrogen-bond acceptors (Lipinski definition) is 2. The molecule has 2 fully saturated rings. The Morgan fingerprint density at radius 1 is 1.27 bits per heavy atom. The van der Waals surface area contributed by atoms with Crippen molar-refractivity contribution in [1.82, 2.24) is 4.90 Å². The second kappa shape index (κ2) is 4.97. The van der Waals surface area contributed by atoms with Crippen LogP contribution < -0.4 is 5.73 Å². The minimum Gasteiger partial charge on any atom is -0.338 e. The molecular weight excluding hydrogens is 188 g/mol. The summed E-state index contributed by atoms with van der Waals surface area (Å²) in [5.41, 5.74) is 5.85. The average Bonchev–Trinajstić information content (AvgIpc) is 2.75. The van der Waals surface area contributed by atoms with Gasteiger partial charge in [0.25, 0.3) is 0 Å². The number of amides is 1. The van der Waals surface area contributed by atoms with Crippen molar-refractivity contribution in [2.24, 2.45) is 11.7 Å². The summed E-state index contributed by atoms with van der Waals surface area (Å²) in [4.78, 5) is 13.9. The molecule has 1 saturated carbocycles. The number of carbonyl (C=O) groups excluding carboxylic acids is 1. The summed E-state index contributed by atoms with van der Waals surface area (Å²) in [5, 5.41) is 0. The predicted octanol–water partition coefficient (Wildman–Crippen LogP) is 1.52. The Labute approximate surface area is 92.0 Å². The van der Waals surface area contributed by atoms with Gasteiger partial charge in [0.1, 0.15) is 0 Å². The van der Waals surface area contributed by atoms with Crippen LogP contribution in [0.4, 0.5) is 0 Å². The van der Waals surface area contributed by atoms with E-state index in [1.165, 1.54) is 25.7 Å². The lowest BCUT2D eigenvalue weighted by molar-refractivity contribution is -0.136. The Hall–Kier alpha value is -0.570. The third-order valence-electron chi connectivity index (χ3n) is 3.95. The molecule has 0 bridgehead atoms. The maximum absolute atomic E-state index is 11.8. The Kier molecular flexibility index (Phi) is 3.62. The molecule has 0 aromatic heterocycles. The monoisotopic (exact) mass is 210 g/mol. The van der Waals surface area contributed by atoms with E-state index in [2.05, 4.69) is 4.90 Å². The topological polar surface area (TPSA) is 46.3 Å². The van der Waals surface area contributed by atoms with Crippen molar-refractivity contribution in [1.29, 1.82) is 0 Å². The first-order chi connectivity index (χ1) is 7.33. The van der Waals surface area contributed by atoms with Crippen molar-refractivity contribution in [2.45, 2.75) is 51.0 Å². The standard InChI is InChI=1S/C12H22N2O/c13-9-11(10-5-1-2-6-10)14-8-4-3-7-12(14)15/h10-11H,1-9,13H2. The third kappa shape index (κ3) is 2.33. The normalized spacial score (nSPS) is 25.9. The third-order valence-corrected chi connectivity index (χ3v) is 3.95. The molecule has 1 heterocycles. The number of piperidine rings is 1. The highest BCUT2D eigenvalue weighted by Crippen LogP contribution is 2.31. The molecular formula is C12H22N2O. The highest BCUT2D eigenvalue weighted by molar-refractivity contribution is 5.77. The zero-order chi connectivity index (χ0) is 10.7. The number of nitrogens with two attached hydrogens (primary N) is 1. The summed E-state index contributed by atoms with van der Waals surface area (Å²) in [7, 11) is 0. The molecule has 1 unspecified atom stereocenters. The minimum absolute atomic E-state index is 0.334. The number of rotatable bonds is 3. The molecule has 2 aliphatic rings. The quantitative estimate of drug-likeness (QED) is 0.767. The SMILES string of the molecule is NCC(C1CCCC1)N1CCCCC1=O.